The molecule has 0 unspecified atom stereocenters. The van der Waals surface area contributed by atoms with Crippen molar-refractivity contribution in [2.24, 2.45) is 0 Å². The van der Waals surface area contributed by atoms with Gasteiger partial charge in [-0.2, -0.15) is 0 Å². The summed E-state index contributed by atoms with van der Waals surface area (Å²) in [6.07, 6.45) is 0. The molecule has 0 saturated heterocycles. The average Bonchev–Trinajstić information content (AvgIpc) is 2.35. The van der Waals surface area contributed by atoms with Crippen LogP contribution < -0.4 is 5.32 Å². The van der Waals surface area contributed by atoms with Gasteiger partial charge in [-0.25, -0.2) is 0 Å². The van der Waals surface area contributed by atoms with Crippen LogP contribution in [0.3, 0.4) is 0 Å². The molecule has 0 fully saturated rings. The Balaban J connectivity index is 2.58. The van der Waals surface area contributed by atoms with Crippen molar-refractivity contribution < 1.29 is 9.59 Å². The first-order valence-corrected chi connectivity index (χ1v) is 7.85. The predicted octanol–water partition coefficient (Wildman–Crippen LogP) is 3.37. The fraction of sp³-hybridized carbons (Fsp3) is 0.429. The summed E-state index contributed by atoms with van der Waals surface area (Å²) in [5, 5.41) is 2.84. The van der Waals surface area contributed by atoms with Gasteiger partial charge in [0.2, 0.25) is 5.12 Å². The monoisotopic (exact) mass is 343 g/mol. The maximum Gasteiger partial charge on any atom is 0.251 e. The van der Waals surface area contributed by atoms with E-state index in [1.54, 1.807) is 12.1 Å². The van der Waals surface area contributed by atoms with E-state index in [4.69, 9.17) is 0 Å². The quantitative estimate of drug-likeness (QED) is 0.833. The predicted molar refractivity (Wildman–Crippen MR) is 83.8 cm³/mol. The molecule has 0 saturated carbocycles. The van der Waals surface area contributed by atoms with Gasteiger partial charge in [-0.05, 0) is 38.5 Å². The Bertz CT molecular complexity index is 452. The lowest BCUT2D eigenvalue weighted by Gasteiger charge is -2.13. The van der Waals surface area contributed by atoms with Gasteiger partial charge in [0.05, 0.1) is 4.32 Å². The summed E-state index contributed by atoms with van der Waals surface area (Å²) in [7, 11) is 0. The minimum absolute atomic E-state index is 0.0700. The van der Waals surface area contributed by atoms with Crippen LogP contribution in [0.25, 0.3) is 0 Å². The van der Waals surface area contributed by atoms with Crippen molar-refractivity contribution >= 4 is 38.7 Å². The molecule has 19 heavy (non-hydrogen) atoms. The highest BCUT2D eigenvalue weighted by Crippen LogP contribution is 2.26. The van der Waals surface area contributed by atoms with Gasteiger partial charge in [0, 0.05) is 17.9 Å². The number of carbonyl (C=O) groups excluding carboxylic acids is 2. The zero-order chi connectivity index (χ0) is 14.5. The first-order chi connectivity index (χ1) is 8.84. The van der Waals surface area contributed by atoms with E-state index >= 15 is 0 Å². The number of halogens is 1. The highest BCUT2D eigenvalue weighted by Gasteiger charge is 2.23. The molecule has 1 aromatic rings. The van der Waals surface area contributed by atoms with Gasteiger partial charge in [-0.15, -0.1) is 0 Å². The van der Waals surface area contributed by atoms with E-state index in [2.05, 4.69) is 21.2 Å². The Kier molecular flexibility index (Phi) is 6.07. The number of carbonyl (C=O) groups is 2. The number of hydrogen-bond acceptors (Lipinski definition) is 3. The molecule has 0 spiro atoms. The second-order valence-electron chi connectivity index (χ2n) is 4.60. The second kappa shape index (κ2) is 7.10. The highest BCUT2D eigenvalue weighted by molar-refractivity contribution is 9.10. The van der Waals surface area contributed by atoms with Crippen LogP contribution >= 0.6 is 27.7 Å². The van der Waals surface area contributed by atoms with E-state index < -0.39 is 4.32 Å². The van der Waals surface area contributed by atoms with E-state index in [9.17, 15) is 9.59 Å². The topological polar surface area (TPSA) is 46.2 Å². The molecule has 0 aliphatic rings. The third-order valence-corrected chi connectivity index (χ3v) is 4.28. The standard InChI is InChI=1S/C14H18BrNO2S/c1-4-16-12(17)11-7-5-10(6-8-11)9-19-13(18)14(2,3)15/h5-8H,4,9H2,1-3H3,(H,16,17). The molecule has 0 atom stereocenters. The Labute approximate surface area is 126 Å². The molecule has 0 heterocycles. The summed E-state index contributed by atoms with van der Waals surface area (Å²) in [6.45, 7) is 6.17. The molecule has 1 N–H and O–H groups in total. The molecule has 1 aromatic carbocycles. The second-order valence-corrected chi connectivity index (χ2v) is 7.54. The highest BCUT2D eigenvalue weighted by atomic mass is 79.9. The zero-order valence-electron chi connectivity index (χ0n) is 11.3. The molecule has 0 bridgehead atoms. The SMILES string of the molecule is CCNC(=O)c1ccc(CSC(=O)C(C)(C)Br)cc1. The van der Waals surface area contributed by atoms with Gasteiger partial charge in [-0.1, -0.05) is 39.8 Å². The van der Waals surface area contributed by atoms with E-state index in [0.717, 1.165) is 5.56 Å². The molecule has 3 nitrogen and oxygen atoms in total. The van der Waals surface area contributed by atoms with E-state index in [1.807, 2.05) is 32.9 Å². The van der Waals surface area contributed by atoms with Crippen molar-refractivity contribution in [1.29, 1.82) is 0 Å². The van der Waals surface area contributed by atoms with Gasteiger partial charge in [0.1, 0.15) is 0 Å². The summed E-state index contributed by atoms with van der Waals surface area (Å²) in [5.41, 5.74) is 1.67. The Morgan fingerprint density at radius 1 is 1.26 bits per heavy atom. The van der Waals surface area contributed by atoms with E-state index in [1.165, 1.54) is 11.8 Å². The number of hydrogen-bond donors (Lipinski definition) is 1. The molecule has 0 aliphatic carbocycles. The minimum atomic E-state index is -0.501. The summed E-state index contributed by atoms with van der Waals surface area (Å²) in [5.74, 6) is 0.545. The molecule has 104 valence electrons. The summed E-state index contributed by atoms with van der Waals surface area (Å²) in [4.78, 5) is 23.3. The third-order valence-electron chi connectivity index (χ3n) is 2.41. The molecular weight excluding hydrogens is 326 g/mol. The molecule has 1 amide bonds. The van der Waals surface area contributed by atoms with Gasteiger partial charge in [0.15, 0.2) is 0 Å². The smallest absolute Gasteiger partial charge is 0.251 e. The van der Waals surface area contributed by atoms with Gasteiger partial charge >= 0.3 is 0 Å². The van der Waals surface area contributed by atoms with Crippen molar-refractivity contribution in [3.63, 3.8) is 0 Å². The number of nitrogens with one attached hydrogen (secondary N) is 1. The molecular formula is C14H18BrNO2S. The lowest BCUT2D eigenvalue weighted by molar-refractivity contribution is -0.112. The van der Waals surface area contributed by atoms with Crippen LogP contribution in [0.1, 0.15) is 36.7 Å². The Hall–Kier alpha value is -0.810. The van der Waals surface area contributed by atoms with E-state index in [0.29, 0.717) is 17.9 Å². The summed E-state index contributed by atoms with van der Waals surface area (Å²) in [6, 6.07) is 7.33. The molecule has 1 rings (SSSR count). The number of rotatable bonds is 5. The number of amides is 1. The average molecular weight is 344 g/mol. The van der Waals surface area contributed by atoms with Crippen molar-refractivity contribution in [2.75, 3.05) is 6.54 Å². The van der Waals surface area contributed by atoms with Crippen LogP contribution in [0.15, 0.2) is 24.3 Å². The minimum Gasteiger partial charge on any atom is -0.352 e. The van der Waals surface area contributed by atoms with Gasteiger partial charge in [-0.3, -0.25) is 9.59 Å². The normalized spacial score (nSPS) is 11.2. The summed E-state index contributed by atoms with van der Waals surface area (Å²) < 4.78 is -0.501. The maximum atomic E-state index is 11.8. The van der Waals surface area contributed by atoms with Crippen molar-refractivity contribution in [2.45, 2.75) is 30.8 Å². The molecule has 0 aliphatic heterocycles. The Morgan fingerprint density at radius 3 is 2.32 bits per heavy atom. The van der Waals surface area contributed by atoms with Crippen molar-refractivity contribution in [3.8, 4) is 0 Å². The van der Waals surface area contributed by atoms with Gasteiger partial charge in [0.25, 0.3) is 5.91 Å². The van der Waals surface area contributed by atoms with Crippen LogP contribution in [0.5, 0.6) is 0 Å². The fourth-order valence-corrected chi connectivity index (χ4v) is 2.51. The molecule has 0 radical (unpaired) electrons. The lowest BCUT2D eigenvalue weighted by Crippen LogP contribution is -2.22. The number of alkyl halides is 1. The van der Waals surface area contributed by atoms with Gasteiger partial charge < -0.3 is 5.32 Å². The van der Waals surface area contributed by atoms with Crippen LogP contribution in [0, 0.1) is 0 Å². The largest absolute Gasteiger partial charge is 0.352 e. The lowest BCUT2D eigenvalue weighted by atomic mass is 10.1. The van der Waals surface area contributed by atoms with Crippen molar-refractivity contribution in [1.82, 2.24) is 5.32 Å². The summed E-state index contributed by atoms with van der Waals surface area (Å²) >= 11 is 4.62. The molecule has 5 heteroatoms. The van der Waals surface area contributed by atoms with E-state index in [-0.39, 0.29) is 11.0 Å². The fourth-order valence-electron chi connectivity index (χ4n) is 1.34. The number of benzene rings is 1. The maximum absolute atomic E-state index is 11.8. The molecule has 0 aromatic heterocycles. The third kappa shape index (κ3) is 5.37. The number of thioether (sulfide) groups is 1. The van der Waals surface area contributed by atoms with Crippen LogP contribution in [-0.2, 0) is 10.5 Å². The van der Waals surface area contributed by atoms with Crippen molar-refractivity contribution in [3.05, 3.63) is 35.4 Å². The van der Waals surface area contributed by atoms with Crippen LogP contribution in [-0.4, -0.2) is 21.9 Å². The van der Waals surface area contributed by atoms with Crippen LogP contribution in [0.4, 0.5) is 0 Å². The first kappa shape index (κ1) is 16.2. The Morgan fingerprint density at radius 2 is 1.84 bits per heavy atom. The van der Waals surface area contributed by atoms with Crippen LogP contribution in [0.2, 0.25) is 0 Å². The zero-order valence-corrected chi connectivity index (χ0v) is 13.7. The first-order valence-electron chi connectivity index (χ1n) is 6.08.